The predicted molar refractivity (Wildman–Crippen MR) is 116 cm³/mol. The van der Waals surface area contributed by atoms with Crippen LogP contribution >= 0.6 is 0 Å². The fourth-order valence-electron chi connectivity index (χ4n) is 3.59. The van der Waals surface area contributed by atoms with Gasteiger partial charge in [0.1, 0.15) is 22.9 Å². The van der Waals surface area contributed by atoms with Gasteiger partial charge in [-0.15, -0.1) is 0 Å². The number of aromatic nitrogens is 2. The molecule has 0 fully saturated rings. The first-order valence-electron chi connectivity index (χ1n) is 10.1. The molecule has 3 N–H and O–H groups in total. The van der Waals surface area contributed by atoms with Gasteiger partial charge in [-0.25, -0.2) is 9.98 Å². The Kier molecular flexibility index (Phi) is 6.27. The minimum absolute atomic E-state index is 0.231. The maximum absolute atomic E-state index is 10.9. The first-order chi connectivity index (χ1) is 13.8. The van der Waals surface area contributed by atoms with Crippen molar-refractivity contribution < 1.29 is 9.52 Å². The fourth-order valence-corrected chi connectivity index (χ4v) is 3.59. The number of aryl methyl sites for hydroxylation is 3. The van der Waals surface area contributed by atoms with Gasteiger partial charge in [-0.3, -0.25) is 0 Å². The molecular weight excluding hydrogens is 366 g/mol. The van der Waals surface area contributed by atoms with Crippen LogP contribution in [0.2, 0.25) is 0 Å². The van der Waals surface area contributed by atoms with E-state index in [1.165, 1.54) is 0 Å². The van der Waals surface area contributed by atoms with Crippen molar-refractivity contribution >= 4 is 17.0 Å². The van der Waals surface area contributed by atoms with Crippen LogP contribution in [0.3, 0.4) is 0 Å². The molecule has 2 aromatic heterocycles. The summed E-state index contributed by atoms with van der Waals surface area (Å²) in [7, 11) is 0. The summed E-state index contributed by atoms with van der Waals surface area (Å²) in [5.41, 5.74) is 1.81. The Bertz CT molecular complexity index is 1000. The maximum atomic E-state index is 10.9. The Hall–Kier alpha value is -2.80. The van der Waals surface area contributed by atoms with E-state index in [2.05, 4.69) is 31.2 Å². The molecule has 2 heterocycles. The largest absolute Gasteiger partial charge is 0.466 e. The molecule has 7 nitrogen and oxygen atoms in total. The normalized spacial score (nSPS) is 14.2. The zero-order valence-electron chi connectivity index (χ0n) is 17.9. The van der Waals surface area contributed by atoms with Gasteiger partial charge >= 0.3 is 0 Å². The maximum Gasteiger partial charge on any atom is 0.191 e. The number of para-hydroxylation sites is 2. The number of furan rings is 1. The third-order valence-electron chi connectivity index (χ3n) is 4.98. The van der Waals surface area contributed by atoms with Crippen molar-refractivity contribution in [3.05, 3.63) is 53.2 Å². The summed E-state index contributed by atoms with van der Waals surface area (Å²) in [4.78, 5) is 9.20. The van der Waals surface area contributed by atoms with E-state index in [0.717, 1.165) is 47.0 Å². The Morgan fingerprint density at radius 2 is 2.00 bits per heavy atom. The highest BCUT2D eigenvalue weighted by molar-refractivity contribution is 5.80. The average molecular weight is 398 g/mol. The molecular formula is C22H31N5O2. The predicted octanol–water partition coefficient (Wildman–Crippen LogP) is 3.02. The van der Waals surface area contributed by atoms with Crippen molar-refractivity contribution in [2.24, 2.45) is 4.99 Å². The van der Waals surface area contributed by atoms with Crippen molar-refractivity contribution in [1.29, 1.82) is 0 Å². The van der Waals surface area contributed by atoms with Gasteiger partial charge in [0.15, 0.2) is 5.96 Å². The number of guanidine groups is 1. The van der Waals surface area contributed by atoms with E-state index in [4.69, 9.17) is 4.42 Å². The van der Waals surface area contributed by atoms with Crippen molar-refractivity contribution in [3.8, 4) is 0 Å². The van der Waals surface area contributed by atoms with E-state index in [0.29, 0.717) is 12.5 Å². The standard InChI is InChI=1S/C22H31N5O2/c1-6-23-21(25-14-22(5,28)18-13-15(2)29-16(18)3)24-11-12-27-17(4)26-19-9-7-8-10-20(19)27/h7-10,13,28H,6,11-12,14H2,1-5H3,(H2,23,24,25). The molecule has 156 valence electrons. The third kappa shape index (κ3) is 4.79. The summed E-state index contributed by atoms with van der Waals surface area (Å²) in [6.07, 6.45) is 0. The molecule has 0 saturated heterocycles. The molecule has 1 unspecified atom stereocenters. The smallest absolute Gasteiger partial charge is 0.191 e. The molecule has 0 aliphatic heterocycles. The molecule has 1 atom stereocenters. The summed E-state index contributed by atoms with van der Waals surface area (Å²) >= 11 is 0. The van der Waals surface area contributed by atoms with Crippen LogP contribution in [-0.4, -0.2) is 40.3 Å². The van der Waals surface area contributed by atoms with Crippen molar-refractivity contribution in [2.75, 3.05) is 19.6 Å². The summed E-state index contributed by atoms with van der Waals surface area (Å²) in [6, 6.07) is 10.0. The highest BCUT2D eigenvalue weighted by atomic mass is 16.3. The van der Waals surface area contributed by atoms with E-state index in [1.807, 2.05) is 52.0 Å². The fraction of sp³-hybridized carbons (Fsp3) is 0.455. The van der Waals surface area contributed by atoms with Gasteiger partial charge < -0.3 is 24.7 Å². The summed E-state index contributed by atoms with van der Waals surface area (Å²) < 4.78 is 7.75. The molecule has 0 bridgehead atoms. The van der Waals surface area contributed by atoms with Crippen LogP contribution in [0, 0.1) is 20.8 Å². The Balaban J connectivity index is 1.66. The topological polar surface area (TPSA) is 87.6 Å². The lowest BCUT2D eigenvalue weighted by molar-refractivity contribution is 0.0657. The van der Waals surface area contributed by atoms with Crippen LogP contribution in [0.25, 0.3) is 11.0 Å². The van der Waals surface area contributed by atoms with Crippen LogP contribution < -0.4 is 10.6 Å². The number of rotatable bonds is 7. The van der Waals surface area contributed by atoms with Gasteiger partial charge in [0.05, 0.1) is 17.6 Å². The lowest BCUT2D eigenvalue weighted by Crippen LogP contribution is -2.40. The van der Waals surface area contributed by atoms with Crippen molar-refractivity contribution in [1.82, 2.24) is 20.2 Å². The van der Waals surface area contributed by atoms with Gasteiger partial charge in [-0.1, -0.05) is 12.1 Å². The van der Waals surface area contributed by atoms with Crippen LogP contribution in [0.1, 0.15) is 36.8 Å². The molecule has 29 heavy (non-hydrogen) atoms. The molecule has 0 spiro atoms. The Morgan fingerprint density at radius 3 is 2.69 bits per heavy atom. The van der Waals surface area contributed by atoms with E-state index < -0.39 is 5.60 Å². The Labute approximate surface area is 171 Å². The third-order valence-corrected chi connectivity index (χ3v) is 4.98. The molecule has 3 aromatic rings. The summed E-state index contributed by atoms with van der Waals surface area (Å²) in [6.45, 7) is 12.0. The van der Waals surface area contributed by atoms with Crippen LogP contribution in [0.5, 0.6) is 0 Å². The second-order valence-electron chi connectivity index (χ2n) is 7.52. The van der Waals surface area contributed by atoms with Gasteiger partial charge in [0.25, 0.3) is 0 Å². The zero-order valence-corrected chi connectivity index (χ0v) is 17.9. The number of hydrogen-bond acceptors (Lipinski definition) is 4. The van der Waals surface area contributed by atoms with E-state index in [-0.39, 0.29) is 6.54 Å². The molecule has 7 heteroatoms. The second-order valence-corrected chi connectivity index (χ2v) is 7.52. The number of aliphatic hydroxyl groups is 1. The summed E-state index contributed by atoms with van der Waals surface area (Å²) in [5, 5.41) is 17.5. The molecule has 0 aliphatic rings. The lowest BCUT2D eigenvalue weighted by Gasteiger charge is -2.21. The van der Waals surface area contributed by atoms with Crippen LogP contribution in [-0.2, 0) is 12.1 Å². The first kappa shape index (κ1) is 20.9. The zero-order chi connectivity index (χ0) is 21.0. The van der Waals surface area contributed by atoms with Gasteiger partial charge in [-0.05, 0) is 52.8 Å². The van der Waals surface area contributed by atoms with Gasteiger partial charge in [0.2, 0.25) is 0 Å². The van der Waals surface area contributed by atoms with E-state index in [1.54, 1.807) is 6.92 Å². The highest BCUT2D eigenvalue weighted by Crippen LogP contribution is 2.27. The molecule has 0 radical (unpaired) electrons. The molecule has 3 rings (SSSR count). The average Bonchev–Trinajstić information content (AvgIpc) is 3.18. The first-order valence-corrected chi connectivity index (χ1v) is 10.1. The van der Waals surface area contributed by atoms with Gasteiger partial charge in [-0.2, -0.15) is 0 Å². The minimum Gasteiger partial charge on any atom is -0.466 e. The highest BCUT2D eigenvalue weighted by Gasteiger charge is 2.27. The SMILES string of the molecule is CCNC(=NCC(C)(O)c1cc(C)oc1C)NCCn1c(C)nc2ccccc21. The molecule has 0 aliphatic carbocycles. The molecule has 1 aromatic carbocycles. The Morgan fingerprint density at radius 1 is 1.24 bits per heavy atom. The second kappa shape index (κ2) is 8.69. The number of hydrogen-bond donors (Lipinski definition) is 3. The summed E-state index contributed by atoms with van der Waals surface area (Å²) in [5.74, 6) is 3.18. The molecule has 0 amide bonds. The molecule has 0 saturated carbocycles. The number of nitrogens with one attached hydrogen (secondary N) is 2. The van der Waals surface area contributed by atoms with E-state index in [9.17, 15) is 5.11 Å². The number of imidazole rings is 1. The lowest BCUT2D eigenvalue weighted by atomic mass is 9.96. The number of fused-ring (bicyclic) bond motifs is 1. The minimum atomic E-state index is -1.10. The quantitative estimate of drug-likeness (QED) is 0.421. The van der Waals surface area contributed by atoms with E-state index >= 15 is 0 Å². The monoisotopic (exact) mass is 397 g/mol. The number of benzene rings is 1. The van der Waals surface area contributed by atoms with Crippen molar-refractivity contribution in [3.63, 3.8) is 0 Å². The number of aliphatic imine (C=N–C) groups is 1. The number of nitrogens with zero attached hydrogens (tertiary/aromatic N) is 3. The van der Waals surface area contributed by atoms with Crippen molar-refractivity contribution in [2.45, 2.75) is 46.8 Å². The van der Waals surface area contributed by atoms with Crippen LogP contribution in [0.15, 0.2) is 39.7 Å². The van der Waals surface area contributed by atoms with Gasteiger partial charge in [0, 0.05) is 25.2 Å². The van der Waals surface area contributed by atoms with Crippen LogP contribution in [0.4, 0.5) is 0 Å².